The molecule has 2 rings (SSSR count). The maximum absolute atomic E-state index is 12.2. The number of rotatable bonds is 4. The summed E-state index contributed by atoms with van der Waals surface area (Å²) in [5, 5.41) is 3.34. The van der Waals surface area contributed by atoms with E-state index in [1.54, 1.807) is 0 Å². The SMILES string of the molecule is Cc1ccccc1CN(C)C(=O)CC1CCNCC1.Cl. The molecule has 1 fully saturated rings. The van der Waals surface area contributed by atoms with Crippen LogP contribution in [-0.2, 0) is 11.3 Å². The lowest BCUT2D eigenvalue weighted by molar-refractivity contribution is -0.131. The average Bonchev–Trinajstić information content (AvgIpc) is 2.42. The molecule has 1 heterocycles. The average molecular weight is 297 g/mol. The second kappa shape index (κ2) is 8.28. The summed E-state index contributed by atoms with van der Waals surface area (Å²) in [5.41, 5.74) is 2.49. The van der Waals surface area contributed by atoms with Crippen LogP contribution in [-0.4, -0.2) is 30.9 Å². The molecule has 112 valence electrons. The molecule has 0 bridgehead atoms. The van der Waals surface area contributed by atoms with Gasteiger partial charge in [0.1, 0.15) is 0 Å². The van der Waals surface area contributed by atoms with Gasteiger partial charge in [-0.15, -0.1) is 12.4 Å². The summed E-state index contributed by atoms with van der Waals surface area (Å²) < 4.78 is 0. The van der Waals surface area contributed by atoms with Gasteiger partial charge in [0.2, 0.25) is 5.91 Å². The minimum Gasteiger partial charge on any atom is -0.341 e. The number of benzene rings is 1. The van der Waals surface area contributed by atoms with E-state index >= 15 is 0 Å². The van der Waals surface area contributed by atoms with Gasteiger partial charge in [-0.3, -0.25) is 4.79 Å². The van der Waals surface area contributed by atoms with Crippen molar-refractivity contribution in [1.29, 1.82) is 0 Å². The van der Waals surface area contributed by atoms with E-state index in [0.29, 0.717) is 12.3 Å². The van der Waals surface area contributed by atoms with E-state index < -0.39 is 0 Å². The number of amides is 1. The summed E-state index contributed by atoms with van der Waals surface area (Å²) >= 11 is 0. The number of nitrogens with zero attached hydrogens (tertiary/aromatic N) is 1. The third-order valence-electron chi connectivity index (χ3n) is 4.02. The van der Waals surface area contributed by atoms with Gasteiger partial charge in [0.05, 0.1) is 0 Å². The molecule has 1 aliphatic rings. The fourth-order valence-electron chi connectivity index (χ4n) is 2.62. The summed E-state index contributed by atoms with van der Waals surface area (Å²) in [6.45, 7) is 4.93. The van der Waals surface area contributed by atoms with Crippen LogP contribution in [0.25, 0.3) is 0 Å². The Bertz CT molecular complexity index is 430. The second-order valence-electron chi connectivity index (χ2n) is 5.57. The third kappa shape index (κ3) is 4.80. The summed E-state index contributed by atoms with van der Waals surface area (Å²) in [6.07, 6.45) is 2.96. The van der Waals surface area contributed by atoms with Crippen LogP contribution in [0.4, 0.5) is 0 Å². The van der Waals surface area contributed by atoms with Crippen molar-refractivity contribution in [2.45, 2.75) is 32.7 Å². The molecule has 3 nitrogen and oxygen atoms in total. The predicted octanol–water partition coefficient (Wildman–Crippen LogP) is 2.76. The van der Waals surface area contributed by atoms with Crippen molar-refractivity contribution in [2.24, 2.45) is 5.92 Å². The standard InChI is InChI=1S/C16H24N2O.ClH/c1-13-5-3-4-6-15(13)12-18(2)16(19)11-14-7-9-17-10-8-14;/h3-6,14,17H,7-12H2,1-2H3;1H. The van der Waals surface area contributed by atoms with Crippen LogP contribution < -0.4 is 5.32 Å². The largest absolute Gasteiger partial charge is 0.341 e. The topological polar surface area (TPSA) is 32.3 Å². The van der Waals surface area contributed by atoms with Gasteiger partial charge in [-0.05, 0) is 49.9 Å². The molecule has 0 aliphatic carbocycles. The Labute approximate surface area is 128 Å². The number of carbonyl (C=O) groups excluding carboxylic acids is 1. The van der Waals surface area contributed by atoms with Crippen LogP contribution in [0, 0.1) is 12.8 Å². The van der Waals surface area contributed by atoms with Crippen LogP contribution >= 0.6 is 12.4 Å². The number of piperidine rings is 1. The molecular weight excluding hydrogens is 272 g/mol. The van der Waals surface area contributed by atoms with Gasteiger partial charge >= 0.3 is 0 Å². The van der Waals surface area contributed by atoms with Crippen LogP contribution in [0.3, 0.4) is 0 Å². The van der Waals surface area contributed by atoms with Crippen LogP contribution in [0.1, 0.15) is 30.4 Å². The minimum absolute atomic E-state index is 0. The molecule has 4 heteroatoms. The lowest BCUT2D eigenvalue weighted by atomic mass is 9.94. The van der Waals surface area contributed by atoms with E-state index in [9.17, 15) is 4.79 Å². The van der Waals surface area contributed by atoms with Crippen molar-refractivity contribution < 1.29 is 4.79 Å². The lowest BCUT2D eigenvalue weighted by Gasteiger charge is -2.25. The van der Waals surface area contributed by atoms with E-state index in [2.05, 4.69) is 24.4 Å². The molecule has 1 N–H and O–H groups in total. The predicted molar refractivity (Wildman–Crippen MR) is 85.1 cm³/mol. The Morgan fingerprint density at radius 2 is 1.95 bits per heavy atom. The van der Waals surface area contributed by atoms with Crippen LogP contribution in [0.2, 0.25) is 0 Å². The normalized spacial score (nSPS) is 15.5. The molecule has 0 spiro atoms. The second-order valence-corrected chi connectivity index (χ2v) is 5.57. The number of hydrogen-bond acceptors (Lipinski definition) is 2. The lowest BCUT2D eigenvalue weighted by Crippen LogP contribution is -2.33. The first-order chi connectivity index (χ1) is 9.16. The highest BCUT2D eigenvalue weighted by atomic mass is 35.5. The van der Waals surface area contributed by atoms with Gasteiger partial charge in [-0.25, -0.2) is 0 Å². The van der Waals surface area contributed by atoms with Gasteiger partial charge in [0.15, 0.2) is 0 Å². The molecule has 1 aromatic rings. The van der Waals surface area contributed by atoms with Gasteiger partial charge < -0.3 is 10.2 Å². The van der Waals surface area contributed by atoms with Gasteiger partial charge in [-0.2, -0.15) is 0 Å². The maximum atomic E-state index is 12.2. The molecule has 0 radical (unpaired) electrons. The zero-order valence-electron chi connectivity index (χ0n) is 12.4. The fourth-order valence-corrected chi connectivity index (χ4v) is 2.62. The van der Waals surface area contributed by atoms with E-state index in [1.807, 2.05) is 24.1 Å². The molecule has 1 saturated heterocycles. The first-order valence-electron chi connectivity index (χ1n) is 7.16. The molecular formula is C16H25ClN2O. The number of hydrogen-bond donors (Lipinski definition) is 1. The maximum Gasteiger partial charge on any atom is 0.222 e. The van der Waals surface area contributed by atoms with Crippen molar-refractivity contribution in [1.82, 2.24) is 10.2 Å². The smallest absolute Gasteiger partial charge is 0.222 e. The van der Waals surface area contributed by atoms with Crippen molar-refractivity contribution in [3.8, 4) is 0 Å². The first kappa shape index (κ1) is 17.0. The zero-order valence-corrected chi connectivity index (χ0v) is 13.2. The summed E-state index contributed by atoms with van der Waals surface area (Å²) in [7, 11) is 1.91. The molecule has 0 saturated carbocycles. The summed E-state index contributed by atoms with van der Waals surface area (Å²) in [6, 6.07) is 8.27. The third-order valence-corrected chi connectivity index (χ3v) is 4.02. The number of carbonyl (C=O) groups is 1. The Morgan fingerprint density at radius 1 is 1.30 bits per heavy atom. The molecule has 20 heavy (non-hydrogen) atoms. The van der Waals surface area contributed by atoms with Crippen LogP contribution in [0.15, 0.2) is 24.3 Å². The Balaban J connectivity index is 0.00000200. The Hall–Kier alpha value is -1.06. The summed E-state index contributed by atoms with van der Waals surface area (Å²) in [4.78, 5) is 14.1. The van der Waals surface area contributed by atoms with E-state index in [0.717, 1.165) is 32.5 Å². The highest BCUT2D eigenvalue weighted by Crippen LogP contribution is 2.18. The quantitative estimate of drug-likeness (QED) is 0.926. The fraction of sp³-hybridized carbons (Fsp3) is 0.562. The van der Waals surface area contributed by atoms with Crippen molar-refractivity contribution >= 4 is 18.3 Å². The zero-order chi connectivity index (χ0) is 13.7. The summed E-state index contributed by atoms with van der Waals surface area (Å²) in [5.74, 6) is 0.836. The molecule has 1 aliphatic heterocycles. The molecule has 0 atom stereocenters. The molecule has 1 amide bonds. The van der Waals surface area contributed by atoms with Gasteiger partial charge in [0, 0.05) is 20.0 Å². The number of aryl methyl sites for hydroxylation is 1. The molecule has 1 aromatic carbocycles. The van der Waals surface area contributed by atoms with Crippen molar-refractivity contribution in [3.63, 3.8) is 0 Å². The monoisotopic (exact) mass is 296 g/mol. The van der Waals surface area contributed by atoms with Crippen molar-refractivity contribution in [3.05, 3.63) is 35.4 Å². The van der Waals surface area contributed by atoms with Gasteiger partial charge in [-0.1, -0.05) is 24.3 Å². The molecule has 0 unspecified atom stereocenters. The molecule has 0 aromatic heterocycles. The number of nitrogens with one attached hydrogen (secondary N) is 1. The van der Waals surface area contributed by atoms with E-state index in [1.165, 1.54) is 11.1 Å². The Kier molecular flexibility index (Phi) is 7.03. The van der Waals surface area contributed by atoms with Crippen LogP contribution in [0.5, 0.6) is 0 Å². The highest BCUT2D eigenvalue weighted by molar-refractivity contribution is 5.85. The Morgan fingerprint density at radius 3 is 2.60 bits per heavy atom. The number of halogens is 1. The minimum atomic E-state index is 0. The highest BCUT2D eigenvalue weighted by Gasteiger charge is 2.19. The van der Waals surface area contributed by atoms with Gasteiger partial charge in [0.25, 0.3) is 0 Å². The van der Waals surface area contributed by atoms with E-state index in [-0.39, 0.29) is 18.3 Å². The van der Waals surface area contributed by atoms with Crippen molar-refractivity contribution in [2.75, 3.05) is 20.1 Å². The first-order valence-corrected chi connectivity index (χ1v) is 7.16. The van der Waals surface area contributed by atoms with E-state index in [4.69, 9.17) is 0 Å².